The summed E-state index contributed by atoms with van der Waals surface area (Å²) in [4.78, 5) is 11.5. The molecule has 2 rings (SSSR count). The quantitative estimate of drug-likeness (QED) is 0.713. The highest BCUT2D eigenvalue weighted by Crippen LogP contribution is 2.25. The second-order valence-corrected chi connectivity index (χ2v) is 3.55. The van der Waals surface area contributed by atoms with Crippen molar-refractivity contribution < 1.29 is 4.79 Å². The number of fused-ring (bicyclic) bond motifs is 1. The first-order valence-corrected chi connectivity index (χ1v) is 4.95. The topological polar surface area (TPSA) is 41.1 Å². The lowest BCUT2D eigenvalue weighted by molar-refractivity contribution is -0.116. The van der Waals surface area contributed by atoms with Gasteiger partial charge in [-0.1, -0.05) is 19.1 Å². The maximum Gasteiger partial charge on any atom is 0.226 e. The summed E-state index contributed by atoms with van der Waals surface area (Å²) in [6.45, 7) is 2.08. The van der Waals surface area contributed by atoms with E-state index < -0.39 is 0 Å². The summed E-state index contributed by atoms with van der Waals surface area (Å²) >= 11 is 0. The predicted molar refractivity (Wildman–Crippen MR) is 57.4 cm³/mol. The number of amides is 1. The number of hydrogen-bond donors (Lipinski definition) is 2. The van der Waals surface area contributed by atoms with E-state index in [1.807, 2.05) is 24.3 Å². The van der Waals surface area contributed by atoms with Crippen LogP contribution < -0.4 is 10.6 Å². The maximum absolute atomic E-state index is 11.5. The van der Waals surface area contributed by atoms with Gasteiger partial charge in [0.25, 0.3) is 0 Å². The molecular weight excluding hydrogens is 176 g/mol. The Kier molecular flexibility index (Phi) is 2.39. The van der Waals surface area contributed by atoms with Crippen molar-refractivity contribution in [2.75, 3.05) is 10.6 Å². The normalized spacial score (nSPS) is 20.4. The number of hydrogen-bond acceptors (Lipinski definition) is 2. The monoisotopic (exact) mass is 190 g/mol. The standard InChI is InChI=1S/C11H14N2O/c1-2-8-7-11(14)13-10-6-4-3-5-9(10)12-8/h3-6,8,12H,2,7H2,1H3,(H,13,14). The third-order valence-corrected chi connectivity index (χ3v) is 2.49. The SMILES string of the molecule is CCC1CC(=O)Nc2ccccc2N1. The molecule has 0 bridgehead atoms. The molecule has 3 nitrogen and oxygen atoms in total. The summed E-state index contributed by atoms with van der Waals surface area (Å²) in [6, 6.07) is 8.05. The van der Waals surface area contributed by atoms with Crippen LogP contribution in [0.1, 0.15) is 19.8 Å². The van der Waals surface area contributed by atoms with Crippen LogP contribution in [0.3, 0.4) is 0 Å². The molecule has 0 saturated heterocycles. The van der Waals surface area contributed by atoms with Crippen LogP contribution in [0.2, 0.25) is 0 Å². The van der Waals surface area contributed by atoms with Crippen LogP contribution in [0, 0.1) is 0 Å². The first kappa shape index (κ1) is 9.06. The zero-order valence-electron chi connectivity index (χ0n) is 8.21. The second kappa shape index (κ2) is 3.70. The van der Waals surface area contributed by atoms with E-state index in [1.165, 1.54) is 0 Å². The lowest BCUT2D eigenvalue weighted by Crippen LogP contribution is -2.21. The maximum atomic E-state index is 11.5. The molecule has 0 spiro atoms. The van der Waals surface area contributed by atoms with Gasteiger partial charge in [-0.05, 0) is 18.6 Å². The Morgan fingerprint density at radius 3 is 2.79 bits per heavy atom. The third-order valence-electron chi connectivity index (χ3n) is 2.49. The van der Waals surface area contributed by atoms with Gasteiger partial charge in [-0.2, -0.15) is 0 Å². The van der Waals surface area contributed by atoms with Gasteiger partial charge < -0.3 is 10.6 Å². The molecule has 1 unspecified atom stereocenters. The Bertz CT molecular complexity index is 349. The molecule has 1 amide bonds. The van der Waals surface area contributed by atoms with Gasteiger partial charge in [0.1, 0.15) is 0 Å². The fraction of sp³-hybridized carbons (Fsp3) is 0.364. The van der Waals surface area contributed by atoms with Crippen LogP contribution >= 0.6 is 0 Å². The minimum Gasteiger partial charge on any atom is -0.380 e. The first-order chi connectivity index (χ1) is 6.79. The van der Waals surface area contributed by atoms with Crippen molar-refractivity contribution in [2.45, 2.75) is 25.8 Å². The molecule has 2 N–H and O–H groups in total. The van der Waals surface area contributed by atoms with Crippen molar-refractivity contribution in [1.29, 1.82) is 0 Å². The van der Waals surface area contributed by atoms with Gasteiger partial charge in [-0.15, -0.1) is 0 Å². The average molecular weight is 190 g/mol. The summed E-state index contributed by atoms with van der Waals surface area (Å²) in [7, 11) is 0. The zero-order chi connectivity index (χ0) is 9.97. The van der Waals surface area contributed by atoms with Crippen LogP contribution in [0.5, 0.6) is 0 Å². The largest absolute Gasteiger partial charge is 0.380 e. The first-order valence-electron chi connectivity index (χ1n) is 4.95. The van der Waals surface area contributed by atoms with E-state index in [4.69, 9.17) is 0 Å². The van der Waals surface area contributed by atoms with Gasteiger partial charge in [0.15, 0.2) is 0 Å². The summed E-state index contributed by atoms with van der Waals surface area (Å²) in [5, 5.41) is 6.24. The lowest BCUT2D eigenvalue weighted by atomic mass is 10.1. The van der Waals surface area contributed by atoms with Gasteiger partial charge in [-0.3, -0.25) is 4.79 Å². The molecule has 0 radical (unpaired) electrons. The van der Waals surface area contributed by atoms with E-state index in [1.54, 1.807) is 0 Å². The number of anilines is 2. The van der Waals surface area contributed by atoms with Gasteiger partial charge in [0.2, 0.25) is 5.91 Å². The van der Waals surface area contributed by atoms with E-state index in [9.17, 15) is 4.79 Å². The zero-order valence-corrected chi connectivity index (χ0v) is 8.21. The fourth-order valence-corrected chi connectivity index (χ4v) is 1.66. The van der Waals surface area contributed by atoms with Crippen molar-refractivity contribution in [1.82, 2.24) is 0 Å². The van der Waals surface area contributed by atoms with E-state index >= 15 is 0 Å². The molecule has 1 aliphatic heterocycles. The van der Waals surface area contributed by atoms with E-state index in [0.717, 1.165) is 17.8 Å². The molecule has 1 aromatic carbocycles. The summed E-state index contributed by atoms with van der Waals surface area (Å²) in [5.41, 5.74) is 1.90. The molecule has 1 aromatic rings. The van der Waals surface area contributed by atoms with Crippen molar-refractivity contribution in [2.24, 2.45) is 0 Å². The summed E-state index contributed by atoms with van der Waals surface area (Å²) < 4.78 is 0. The van der Waals surface area contributed by atoms with Gasteiger partial charge in [-0.25, -0.2) is 0 Å². The molecule has 74 valence electrons. The van der Waals surface area contributed by atoms with Gasteiger partial charge in [0, 0.05) is 12.5 Å². The molecule has 1 aliphatic rings. The minimum absolute atomic E-state index is 0.0919. The number of rotatable bonds is 1. The van der Waals surface area contributed by atoms with E-state index in [-0.39, 0.29) is 11.9 Å². The highest BCUT2D eigenvalue weighted by atomic mass is 16.1. The highest BCUT2D eigenvalue weighted by Gasteiger charge is 2.18. The van der Waals surface area contributed by atoms with Crippen molar-refractivity contribution >= 4 is 17.3 Å². The lowest BCUT2D eigenvalue weighted by Gasteiger charge is -2.13. The Labute approximate surface area is 83.5 Å². The summed E-state index contributed by atoms with van der Waals surface area (Å²) in [6.07, 6.45) is 1.51. The number of carbonyl (C=O) groups is 1. The van der Waals surface area contributed by atoms with E-state index in [0.29, 0.717) is 6.42 Å². The smallest absolute Gasteiger partial charge is 0.226 e. The molecule has 1 heterocycles. The Morgan fingerprint density at radius 1 is 1.36 bits per heavy atom. The van der Waals surface area contributed by atoms with Gasteiger partial charge >= 0.3 is 0 Å². The molecule has 3 heteroatoms. The Hall–Kier alpha value is -1.51. The number of benzene rings is 1. The minimum atomic E-state index is 0.0919. The predicted octanol–water partition coefficient (Wildman–Crippen LogP) is 2.22. The Balaban J connectivity index is 2.32. The van der Waals surface area contributed by atoms with E-state index in [2.05, 4.69) is 17.6 Å². The molecule has 1 atom stereocenters. The van der Waals surface area contributed by atoms with Crippen molar-refractivity contribution in [3.05, 3.63) is 24.3 Å². The molecule has 14 heavy (non-hydrogen) atoms. The van der Waals surface area contributed by atoms with Crippen LogP contribution in [-0.4, -0.2) is 11.9 Å². The number of para-hydroxylation sites is 2. The van der Waals surface area contributed by atoms with Crippen LogP contribution in [0.4, 0.5) is 11.4 Å². The molecule has 0 aliphatic carbocycles. The van der Waals surface area contributed by atoms with Crippen LogP contribution in [0.15, 0.2) is 24.3 Å². The molecule has 0 fully saturated rings. The molecule has 0 saturated carbocycles. The Morgan fingerprint density at radius 2 is 2.07 bits per heavy atom. The fourth-order valence-electron chi connectivity index (χ4n) is 1.66. The van der Waals surface area contributed by atoms with Gasteiger partial charge in [0.05, 0.1) is 11.4 Å². The second-order valence-electron chi connectivity index (χ2n) is 3.55. The van der Waals surface area contributed by atoms with Crippen molar-refractivity contribution in [3.63, 3.8) is 0 Å². The van der Waals surface area contributed by atoms with Crippen LogP contribution in [-0.2, 0) is 4.79 Å². The number of nitrogens with one attached hydrogen (secondary N) is 2. The van der Waals surface area contributed by atoms with Crippen LogP contribution in [0.25, 0.3) is 0 Å². The number of carbonyl (C=O) groups excluding carboxylic acids is 1. The molecule has 0 aromatic heterocycles. The highest BCUT2D eigenvalue weighted by molar-refractivity contribution is 5.96. The molecular formula is C11H14N2O. The van der Waals surface area contributed by atoms with Crippen molar-refractivity contribution in [3.8, 4) is 0 Å². The average Bonchev–Trinajstić information content (AvgIpc) is 2.35. The summed E-state index contributed by atoms with van der Waals surface area (Å²) in [5.74, 6) is 0.0919. The third kappa shape index (κ3) is 1.71.